The van der Waals surface area contributed by atoms with Gasteiger partial charge in [0.2, 0.25) is 17.8 Å². The summed E-state index contributed by atoms with van der Waals surface area (Å²) in [6.07, 6.45) is -0.239. The van der Waals surface area contributed by atoms with Gasteiger partial charge in [0, 0.05) is 81.8 Å². The molecule has 42 heavy (non-hydrogen) atoms. The van der Waals surface area contributed by atoms with E-state index in [2.05, 4.69) is 25.5 Å². The molecule has 1 saturated carbocycles. The number of morpholine rings is 1. The van der Waals surface area contributed by atoms with Crippen molar-refractivity contribution < 1.29 is 31.9 Å². The number of piperidine rings is 1. The maximum Gasteiger partial charge on any atom is 0.393 e. The van der Waals surface area contributed by atoms with E-state index < -0.39 is 48.6 Å². The van der Waals surface area contributed by atoms with E-state index in [1.807, 2.05) is 9.80 Å². The van der Waals surface area contributed by atoms with Crippen LogP contribution >= 0.6 is 0 Å². The van der Waals surface area contributed by atoms with Crippen LogP contribution in [0.1, 0.15) is 19.3 Å². The Morgan fingerprint density at radius 3 is 2.33 bits per heavy atom. The monoisotopic (exact) mass is 591 g/mol. The second-order valence-electron chi connectivity index (χ2n) is 11.2. The quantitative estimate of drug-likeness (QED) is 0.495. The Bertz CT molecular complexity index is 1310. The standard InChI is InChI=1S/C28H33F4N7O3/c29-22-13-24(38-5-3-37(4-6-38)18-1-2-18)23(36-26(41)20-16-33-25(40)12-21(20)28(30,31)32)11-19(22)17-14-34-27(35-15-17)39-7-9-42-10-8-39/h11,13-15,18,20-21H,1-10,12,16H2,(H,33,40)(H,36,41). The molecule has 3 aliphatic heterocycles. The van der Waals surface area contributed by atoms with Crippen LogP contribution < -0.4 is 20.4 Å². The Labute approximate surface area is 240 Å². The van der Waals surface area contributed by atoms with Crippen LogP contribution in [0.2, 0.25) is 0 Å². The largest absolute Gasteiger partial charge is 0.393 e. The lowest BCUT2D eigenvalue weighted by Gasteiger charge is -2.37. The van der Waals surface area contributed by atoms with E-state index in [-0.39, 0.29) is 11.3 Å². The zero-order chi connectivity index (χ0) is 29.4. The highest BCUT2D eigenvalue weighted by Gasteiger charge is 2.50. The van der Waals surface area contributed by atoms with Crippen molar-refractivity contribution in [3.63, 3.8) is 0 Å². The minimum atomic E-state index is -4.73. The van der Waals surface area contributed by atoms with Gasteiger partial charge in [0.25, 0.3) is 0 Å². The van der Waals surface area contributed by atoms with Crippen molar-refractivity contribution >= 4 is 29.1 Å². The number of anilines is 3. The van der Waals surface area contributed by atoms with E-state index in [0.29, 0.717) is 62.6 Å². The second kappa shape index (κ2) is 11.6. The summed E-state index contributed by atoms with van der Waals surface area (Å²) >= 11 is 0. The number of halogens is 4. The molecule has 0 bridgehead atoms. The van der Waals surface area contributed by atoms with Crippen molar-refractivity contribution in [3.05, 3.63) is 30.3 Å². The van der Waals surface area contributed by atoms with Gasteiger partial charge in [-0.1, -0.05) is 0 Å². The van der Waals surface area contributed by atoms with Gasteiger partial charge in [0.15, 0.2) is 0 Å². The summed E-state index contributed by atoms with van der Waals surface area (Å²) in [5.74, 6) is -5.34. The van der Waals surface area contributed by atoms with Gasteiger partial charge in [-0.2, -0.15) is 13.2 Å². The Balaban J connectivity index is 1.29. The summed E-state index contributed by atoms with van der Waals surface area (Å²) in [7, 11) is 0. The van der Waals surface area contributed by atoms with Crippen LogP contribution in [0, 0.1) is 17.7 Å². The molecule has 226 valence electrons. The van der Waals surface area contributed by atoms with Crippen LogP contribution in [-0.2, 0) is 14.3 Å². The number of ether oxygens (including phenoxy) is 1. The number of benzene rings is 1. The molecular weight excluding hydrogens is 558 g/mol. The molecule has 4 fully saturated rings. The molecule has 2 amide bonds. The molecule has 14 heteroatoms. The van der Waals surface area contributed by atoms with E-state index in [1.54, 1.807) is 0 Å². The molecule has 1 aromatic carbocycles. The summed E-state index contributed by atoms with van der Waals surface area (Å²) in [6.45, 7) is 4.64. The van der Waals surface area contributed by atoms with Gasteiger partial charge in [-0.25, -0.2) is 14.4 Å². The lowest BCUT2D eigenvalue weighted by atomic mass is 9.84. The van der Waals surface area contributed by atoms with Gasteiger partial charge < -0.3 is 25.2 Å². The van der Waals surface area contributed by atoms with Crippen LogP contribution in [0.15, 0.2) is 24.5 Å². The van der Waals surface area contributed by atoms with E-state index in [1.165, 1.54) is 24.5 Å². The number of aromatic nitrogens is 2. The first-order valence-electron chi connectivity index (χ1n) is 14.3. The number of carbonyl (C=O) groups is 2. The summed E-state index contributed by atoms with van der Waals surface area (Å²) in [6, 6.07) is 3.33. The third-order valence-electron chi connectivity index (χ3n) is 8.47. The predicted octanol–water partition coefficient (Wildman–Crippen LogP) is 2.66. The third-order valence-corrected chi connectivity index (χ3v) is 8.47. The Morgan fingerprint density at radius 2 is 1.69 bits per heavy atom. The van der Waals surface area contributed by atoms with Gasteiger partial charge in [0.1, 0.15) is 5.82 Å². The molecule has 2 atom stereocenters. The molecule has 1 aromatic heterocycles. The van der Waals surface area contributed by atoms with Gasteiger partial charge in [-0.3, -0.25) is 14.5 Å². The smallest absolute Gasteiger partial charge is 0.378 e. The predicted molar refractivity (Wildman–Crippen MR) is 147 cm³/mol. The van der Waals surface area contributed by atoms with Crippen LogP contribution in [0.25, 0.3) is 11.1 Å². The zero-order valence-electron chi connectivity index (χ0n) is 23.0. The number of hydrogen-bond donors (Lipinski definition) is 2. The maximum atomic E-state index is 15.7. The minimum Gasteiger partial charge on any atom is -0.378 e. The topological polar surface area (TPSA) is 103 Å². The van der Waals surface area contributed by atoms with E-state index in [0.717, 1.165) is 25.9 Å². The first kappa shape index (κ1) is 28.6. The molecule has 0 spiro atoms. The van der Waals surface area contributed by atoms with E-state index in [9.17, 15) is 22.8 Å². The summed E-state index contributed by atoms with van der Waals surface area (Å²) in [5.41, 5.74) is 1.08. The molecule has 3 saturated heterocycles. The number of nitrogens with zero attached hydrogens (tertiary/aromatic N) is 5. The highest BCUT2D eigenvalue weighted by Crippen LogP contribution is 2.39. The molecule has 4 heterocycles. The van der Waals surface area contributed by atoms with Gasteiger partial charge >= 0.3 is 6.18 Å². The lowest BCUT2D eigenvalue weighted by Crippen LogP contribution is -2.51. The number of hydrogen-bond acceptors (Lipinski definition) is 8. The SMILES string of the molecule is O=C1CC(C(F)(F)F)C(C(=O)Nc2cc(-c3cnc(N4CCOCC4)nc3)c(F)cc2N2CCN(C3CC3)CC2)CN1. The van der Waals surface area contributed by atoms with Crippen molar-refractivity contribution in [2.45, 2.75) is 31.5 Å². The summed E-state index contributed by atoms with van der Waals surface area (Å²) in [5, 5.41) is 5.04. The van der Waals surface area contributed by atoms with Gasteiger partial charge in [-0.05, 0) is 25.0 Å². The average molecular weight is 592 g/mol. The molecule has 6 rings (SSSR count). The molecule has 10 nitrogen and oxygen atoms in total. The van der Waals surface area contributed by atoms with Crippen molar-refractivity contribution in [1.82, 2.24) is 20.2 Å². The highest BCUT2D eigenvalue weighted by atomic mass is 19.4. The fourth-order valence-electron chi connectivity index (χ4n) is 5.93. The number of rotatable bonds is 6. The lowest BCUT2D eigenvalue weighted by molar-refractivity contribution is -0.197. The molecular formula is C28H33F4N7O3. The fraction of sp³-hybridized carbons (Fsp3) is 0.571. The number of nitrogens with one attached hydrogen (secondary N) is 2. The normalized spacial score (nSPS) is 24.0. The van der Waals surface area contributed by atoms with Crippen LogP contribution in [0.3, 0.4) is 0 Å². The van der Waals surface area contributed by atoms with Crippen molar-refractivity contribution in [1.29, 1.82) is 0 Å². The highest BCUT2D eigenvalue weighted by molar-refractivity contribution is 5.98. The number of amides is 2. The third kappa shape index (κ3) is 6.14. The van der Waals surface area contributed by atoms with Gasteiger partial charge in [0.05, 0.1) is 36.4 Å². The summed E-state index contributed by atoms with van der Waals surface area (Å²) in [4.78, 5) is 40.2. The van der Waals surface area contributed by atoms with Crippen LogP contribution in [-0.4, -0.2) is 97.9 Å². The first-order valence-corrected chi connectivity index (χ1v) is 14.3. The van der Waals surface area contributed by atoms with Crippen molar-refractivity contribution in [2.75, 3.05) is 74.1 Å². The van der Waals surface area contributed by atoms with E-state index >= 15 is 4.39 Å². The average Bonchev–Trinajstić information content (AvgIpc) is 3.84. The number of carbonyl (C=O) groups excluding carboxylic acids is 2. The summed E-state index contributed by atoms with van der Waals surface area (Å²) < 4.78 is 62.4. The molecule has 0 radical (unpaired) electrons. The number of piperazine rings is 1. The van der Waals surface area contributed by atoms with Crippen molar-refractivity contribution in [2.24, 2.45) is 11.8 Å². The number of alkyl halides is 3. The second-order valence-corrected chi connectivity index (χ2v) is 11.2. The molecule has 2 aromatic rings. The van der Waals surface area contributed by atoms with Crippen LogP contribution in [0.5, 0.6) is 0 Å². The first-order chi connectivity index (χ1) is 20.2. The van der Waals surface area contributed by atoms with Crippen LogP contribution in [0.4, 0.5) is 34.9 Å². The Hall–Kier alpha value is -3.52. The fourth-order valence-corrected chi connectivity index (χ4v) is 5.93. The molecule has 1 aliphatic carbocycles. The molecule has 4 aliphatic rings. The maximum absolute atomic E-state index is 15.7. The molecule has 2 unspecified atom stereocenters. The van der Waals surface area contributed by atoms with E-state index in [4.69, 9.17) is 4.74 Å². The Morgan fingerprint density at radius 1 is 1.00 bits per heavy atom. The zero-order valence-corrected chi connectivity index (χ0v) is 23.0. The van der Waals surface area contributed by atoms with Gasteiger partial charge in [-0.15, -0.1) is 0 Å². The molecule has 2 N–H and O–H groups in total. The Kier molecular flexibility index (Phi) is 7.92. The minimum absolute atomic E-state index is 0.114. The van der Waals surface area contributed by atoms with Crippen molar-refractivity contribution in [3.8, 4) is 11.1 Å².